The van der Waals surface area contributed by atoms with Gasteiger partial charge in [-0.15, -0.1) is 0 Å². The minimum atomic E-state index is 0.0110. The van der Waals surface area contributed by atoms with Crippen LogP contribution in [0.3, 0.4) is 0 Å². The zero-order valence-electron chi connectivity index (χ0n) is 12.3. The zero-order valence-corrected chi connectivity index (χ0v) is 13.2. The minimum Gasteiger partial charge on any atom is -0.455 e. The number of hydrogen-bond acceptors (Lipinski definition) is 3. The van der Waals surface area contributed by atoms with Crippen LogP contribution in [0.2, 0.25) is 0 Å². The molecule has 2 aromatic carbocycles. The van der Waals surface area contributed by atoms with Crippen LogP contribution in [0.15, 0.2) is 70.2 Å². The van der Waals surface area contributed by atoms with Gasteiger partial charge in [0.25, 0.3) is 0 Å². The Morgan fingerprint density at radius 2 is 1.87 bits per heavy atom. The highest BCUT2D eigenvalue weighted by atomic mass is 32.1. The summed E-state index contributed by atoms with van der Waals surface area (Å²) in [5, 5.41) is 7.64. The second kappa shape index (κ2) is 5.52. The first-order valence-electron chi connectivity index (χ1n) is 7.42. The van der Waals surface area contributed by atoms with Crippen LogP contribution in [0.4, 0.5) is 0 Å². The number of para-hydroxylation sites is 1. The molecule has 0 radical (unpaired) electrons. The Morgan fingerprint density at radius 3 is 2.61 bits per heavy atom. The van der Waals surface area contributed by atoms with Crippen LogP contribution in [0.25, 0.3) is 11.0 Å². The maximum atomic E-state index is 5.92. The van der Waals surface area contributed by atoms with Gasteiger partial charge in [-0.1, -0.05) is 48.5 Å². The quantitative estimate of drug-likeness (QED) is 0.729. The molecule has 0 saturated heterocycles. The molecule has 114 valence electrons. The molecule has 1 aromatic heterocycles. The summed E-state index contributed by atoms with van der Waals surface area (Å²) in [6, 6.07) is 20.1. The number of furan rings is 1. The number of fused-ring (bicyclic) bond motifs is 1. The predicted octanol–water partition coefficient (Wildman–Crippen LogP) is 3.83. The molecule has 1 aliphatic heterocycles. The average Bonchev–Trinajstić information content (AvgIpc) is 3.19. The maximum Gasteiger partial charge on any atom is 0.187 e. The van der Waals surface area contributed by atoms with Crippen molar-refractivity contribution in [3.05, 3.63) is 72.0 Å². The summed E-state index contributed by atoms with van der Waals surface area (Å²) in [6.45, 7) is 0. The molecule has 3 aromatic rings. The largest absolute Gasteiger partial charge is 0.455 e. The lowest BCUT2D eigenvalue weighted by molar-refractivity contribution is 0.373. The molecule has 0 amide bonds. The third-order valence-corrected chi connectivity index (χ3v) is 4.22. The summed E-state index contributed by atoms with van der Waals surface area (Å²) in [5.74, 6) is 0.769. The molecule has 4 nitrogen and oxygen atoms in total. The number of hydrazone groups is 1. The Labute approximate surface area is 139 Å². The molecular weight excluding hydrogens is 306 g/mol. The monoisotopic (exact) mass is 321 g/mol. The van der Waals surface area contributed by atoms with Crippen molar-refractivity contribution in [3.63, 3.8) is 0 Å². The standard InChI is InChI=1S/C18H15N3OS/c19-18(23)21-15(12-6-2-1-3-7-12)11-14(20-21)17-10-13-8-4-5-9-16(13)22-17/h1-10,15H,11H2,(H2,19,23). The van der Waals surface area contributed by atoms with E-state index in [1.807, 2.05) is 48.5 Å². The number of benzene rings is 2. The van der Waals surface area contributed by atoms with Crippen LogP contribution in [-0.4, -0.2) is 15.8 Å². The van der Waals surface area contributed by atoms with Gasteiger partial charge in [-0.3, -0.25) is 0 Å². The van der Waals surface area contributed by atoms with E-state index in [-0.39, 0.29) is 11.2 Å². The molecule has 23 heavy (non-hydrogen) atoms. The lowest BCUT2D eigenvalue weighted by Gasteiger charge is -2.21. The first-order valence-corrected chi connectivity index (χ1v) is 7.83. The van der Waals surface area contributed by atoms with Gasteiger partial charge in [0.2, 0.25) is 0 Å². The van der Waals surface area contributed by atoms with Crippen molar-refractivity contribution in [1.82, 2.24) is 5.01 Å². The van der Waals surface area contributed by atoms with E-state index in [0.717, 1.165) is 28.0 Å². The second-order valence-corrected chi connectivity index (χ2v) is 5.93. The summed E-state index contributed by atoms with van der Waals surface area (Å²) in [5.41, 5.74) is 8.72. The molecule has 4 rings (SSSR count). The number of nitrogens with zero attached hydrogens (tertiary/aromatic N) is 2. The summed E-state index contributed by atoms with van der Waals surface area (Å²) >= 11 is 5.17. The van der Waals surface area contributed by atoms with Crippen molar-refractivity contribution < 1.29 is 4.42 Å². The molecule has 5 heteroatoms. The van der Waals surface area contributed by atoms with E-state index in [4.69, 9.17) is 22.4 Å². The van der Waals surface area contributed by atoms with E-state index >= 15 is 0 Å². The van der Waals surface area contributed by atoms with E-state index in [1.165, 1.54) is 0 Å². The van der Waals surface area contributed by atoms with Gasteiger partial charge < -0.3 is 10.2 Å². The number of nitrogens with two attached hydrogens (primary N) is 1. The molecule has 1 atom stereocenters. The van der Waals surface area contributed by atoms with Crippen LogP contribution in [0, 0.1) is 0 Å². The first-order chi connectivity index (χ1) is 11.2. The molecule has 0 aliphatic carbocycles. The summed E-state index contributed by atoms with van der Waals surface area (Å²) in [6.07, 6.45) is 0.709. The van der Waals surface area contributed by atoms with E-state index in [1.54, 1.807) is 5.01 Å². The molecule has 1 unspecified atom stereocenters. The minimum absolute atomic E-state index is 0.0110. The Morgan fingerprint density at radius 1 is 1.13 bits per heavy atom. The smallest absolute Gasteiger partial charge is 0.187 e. The normalized spacial score (nSPS) is 17.5. The molecule has 0 bridgehead atoms. The van der Waals surface area contributed by atoms with Crippen molar-refractivity contribution in [2.24, 2.45) is 10.8 Å². The zero-order chi connectivity index (χ0) is 15.8. The predicted molar refractivity (Wildman–Crippen MR) is 95.2 cm³/mol. The molecule has 2 heterocycles. The Bertz CT molecular complexity index is 868. The van der Waals surface area contributed by atoms with Crippen LogP contribution in [-0.2, 0) is 0 Å². The van der Waals surface area contributed by atoms with E-state index < -0.39 is 0 Å². The van der Waals surface area contributed by atoms with Gasteiger partial charge in [-0.05, 0) is 29.9 Å². The van der Waals surface area contributed by atoms with Crippen LogP contribution in [0.1, 0.15) is 23.8 Å². The lowest BCUT2D eigenvalue weighted by Crippen LogP contribution is -2.31. The third-order valence-electron chi connectivity index (χ3n) is 4.03. The molecule has 2 N–H and O–H groups in total. The van der Waals surface area contributed by atoms with Gasteiger partial charge in [0.05, 0.1) is 6.04 Å². The fourth-order valence-corrected chi connectivity index (χ4v) is 3.09. The van der Waals surface area contributed by atoms with E-state index in [2.05, 4.69) is 17.2 Å². The van der Waals surface area contributed by atoms with E-state index in [0.29, 0.717) is 6.42 Å². The van der Waals surface area contributed by atoms with Gasteiger partial charge in [0.15, 0.2) is 10.9 Å². The number of rotatable bonds is 2. The lowest BCUT2D eigenvalue weighted by atomic mass is 10.0. The highest BCUT2D eigenvalue weighted by Gasteiger charge is 2.31. The van der Waals surface area contributed by atoms with Gasteiger partial charge in [0.1, 0.15) is 11.3 Å². The topological polar surface area (TPSA) is 54.8 Å². The molecule has 0 spiro atoms. The maximum absolute atomic E-state index is 5.92. The molecule has 0 fully saturated rings. The Kier molecular flexibility index (Phi) is 3.35. The molecule has 0 saturated carbocycles. The van der Waals surface area contributed by atoms with Gasteiger partial charge in [0, 0.05) is 11.8 Å². The third kappa shape index (κ3) is 2.49. The van der Waals surface area contributed by atoms with Crippen molar-refractivity contribution in [2.45, 2.75) is 12.5 Å². The fourth-order valence-electron chi connectivity index (χ4n) is 2.92. The SMILES string of the molecule is NC(=S)N1N=C(c2cc3ccccc3o2)CC1c1ccccc1. The van der Waals surface area contributed by atoms with Crippen molar-refractivity contribution in [1.29, 1.82) is 0 Å². The summed E-state index contributed by atoms with van der Waals surface area (Å²) in [7, 11) is 0. The highest BCUT2D eigenvalue weighted by Crippen LogP contribution is 2.33. The van der Waals surface area contributed by atoms with Crippen molar-refractivity contribution in [3.8, 4) is 0 Å². The van der Waals surface area contributed by atoms with E-state index in [9.17, 15) is 0 Å². The van der Waals surface area contributed by atoms with Crippen molar-refractivity contribution in [2.75, 3.05) is 0 Å². The first kappa shape index (κ1) is 14.0. The Balaban J connectivity index is 1.72. The summed E-state index contributed by atoms with van der Waals surface area (Å²) in [4.78, 5) is 0. The molecule has 1 aliphatic rings. The Hall–Kier alpha value is -2.66. The van der Waals surface area contributed by atoms with Gasteiger partial charge in [-0.2, -0.15) is 5.10 Å². The van der Waals surface area contributed by atoms with Crippen LogP contribution in [0.5, 0.6) is 0 Å². The van der Waals surface area contributed by atoms with Crippen LogP contribution >= 0.6 is 12.2 Å². The van der Waals surface area contributed by atoms with Gasteiger partial charge in [-0.25, -0.2) is 5.01 Å². The highest BCUT2D eigenvalue weighted by molar-refractivity contribution is 7.80. The number of thiocarbonyl (C=S) groups is 1. The van der Waals surface area contributed by atoms with Crippen molar-refractivity contribution >= 4 is 34.0 Å². The summed E-state index contributed by atoms with van der Waals surface area (Å²) < 4.78 is 5.92. The second-order valence-electron chi connectivity index (χ2n) is 5.51. The van der Waals surface area contributed by atoms with Crippen LogP contribution < -0.4 is 5.73 Å². The number of hydrogen-bond donors (Lipinski definition) is 1. The average molecular weight is 321 g/mol. The molecular formula is C18H15N3OS. The van der Waals surface area contributed by atoms with Gasteiger partial charge >= 0.3 is 0 Å². The fraction of sp³-hybridized carbons (Fsp3) is 0.111.